The van der Waals surface area contributed by atoms with E-state index in [0.29, 0.717) is 12.8 Å². The molecule has 0 heterocycles. The van der Waals surface area contributed by atoms with Crippen LogP contribution in [0.4, 0.5) is 0 Å². The summed E-state index contributed by atoms with van der Waals surface area (Å²) in [4.78, 5) is 24.3. The molecule has 0 aromatic rings. The van der Waals surface area contributed by atoms with E-state index < -0.39 is 17.4 Å². The summed E-state index contributed by atoms with van der Waals surface area (Å²) in [6, 6.07) is 0. The summed E-state index contributed by atoms with van der Waals surface area (Å²) in [6.07, 6.45) is 4.41. The van der Waals surface area contributed by atoms with Crippen LogP contribution in [0.3, 0.4) is 0 Å². The van der Waals surface area contributed by atoms with Crippen LogP contribution in [0, 0.1) is 5.41 Å². The van der Waals surface area contributed by atoms with Gasteiger partial charge in [-0.1, -0.05) is 22.0 Å². The van der Waals surface area contributed by atoms with Crippen LogP contribution in [-0.4, -0.2) is 25.2 Å². The molecule has 0 N–H and O–H groups in total. The zero-order valence-corrected chi connectivity index (χ0v) is 12.4. The summed E-state index contributed by atoms with van der Waals surface area (Å²) < 4.78 is 11.0. The number of rotatable bonds is 4. The van der Waals surface area contributed by atoms with Crippen LogP contribution in [0.2, 0.25) is 0 Å². The zero-order chi connectivity index (χ0) is 13.6. The molecule has 0 fully saturated rings. The summed E-state index contributed by atoms with van der Waals surface area (Å²) in [5, 5.41) is 0. The van der Waals surface area contributed by atoms with Crippen molar-refractivity contribution in [2.45, 2.75) is 39.5 Å². The molecule has 0 unspecified atom stereocenters. The quantitative estimate of drug-likeness (QED) is 0.590. The molecule has 1 rings (SSSR count). The van der Waals surface area contributed by atoms with E-state index in [1.54, 1.807) is 13.8 Å². The Morgan fingerprint density at radius 1 is 1.28 bits per heavy atom. The van der Waals surface area contributed by atoms with Crippen molar-refractivity contribution < 1.29 is 19.1 Å². The average Bonchev–Trinajstić information content (AvgIpc) is 2.52. The van der Waals surface area contributed by atoms with E-state index in [2.05, 4.69) is 15.9 Å². The molecular formula is C13H19BrO4. The van der Waals surface area contributed by atoms with Crippen molar-refractivity contribution in [2.24, 2.45) is 5.41 Å². The molecule has 1 aliphatic rings. The Kier molecular flexibility index (Phi) is 5.85. The predicted molar refractivity (Wildman–Crippen MR) is 71.2 cm³/mol. The Morgan fingerprint density at radius 2 is 1.83 bits per heavy atom. The van der Waals surface area contributed by atoms with Crippen LogP contribution in [0.5, 0.6) is 0 Å². The van der Waals surface area contributed by atoms with Gasteiger partial charge in [0.05, 0.1) is 13.2 Å². The fraction of sp³-hybridized carbons (Fsp3) is 0.692. The van der Waals surface area contributed by atoms with Gasteiger partial charge < -0.3 is 9.47 Å². The lowest BCUT2D eigenvalue weighted by Gasteiger charge is -2.27. The fourth-order valence-corrected chi connectivity index (χ4v) is 2.79. The molecule has 0 aromatic heterocycles. The highest BCUT2D eigenvalue weighted by Crippen LogP contribution is 2.39. The number of allylic oxidation sites excluding steroid dienone is 2. The van der Waals surface area contributed by atoms with Crippen LogP contribution >= 0.6 is 15.9 Å². The van der Waals surface area contributed by atoms with Gasteiger partial charge in [-0.05, 0) is 37.6 Å². The first-order valence-electron chi connectivity index (χ1n) is 6.25. The van der Waals surface area contributed by atoms with E-state index in [1.165, 1.54) is 0 Å². The van der Waals surface area contributed by atoms with Crippen LogP contribution in [0.1, 0.15) is 39.5 Å². The molecule has 0 spiro atoms. The van der Waals surface area contributed by atoms with Gasteiger partial charge in [0.15, 0.2) is 5.41 Å². The second-order valence-electron chi connectivity index (χ2n) is 4.24. The van der Waals surface area contributed by atoms with Crippen molar-refractivity contribution in [1.82, 2.24) is 0 Å². The first-order chi connectivity index (χ1) is 8.56. The molecule has 0 radical (unpaired) electrons. The van der Waals surface area contributed by atoms with Gasteiger partial charge in [-0.25, -0.2) is 0 Å². The molecule has 0 saturated heterocycles. The largest absolute Gasteiger partial charge is 0.465 e. The van der Waals surface area contributed by atoms with Gasteiger partial charge >= 0.3 is 11.9 Å². The Hall–Kier alpha value is -0.840. The van der Waals surface area contributed by atoms with E-state index in [4.69, 9.17) is 9.47 Å². The molecule has 0 aliphatic heterocycles. The van der Waals surface area contributed by atoms with Crippen molar-refractivity contribution in [2.75, 3.05) is 13.2 Å². The van der Waals surface area contributed by atoms with Gasteiger partial charge in [-0.15, -0.1) is 0 Å². The van der Waals surface area contributed by atoms with E-state index in [-0.39, 0.29) is 13.2 Å². The van der Waals surface area contributed by atoms with Crippen molar-refractivity contribution in [3.8, 4) is 0 Å². The molecule has 4 nitrogen and oxygen atoms in total. The minimum Gasteiger partial charge on any atom is -0.465 e. The third-order valence-corrected chi connectivity index (χ3v) is 3.58. The molecule has 0 aromatic carbocycles. The summed E-state index contributed by atoms with van der Waals surface area (Å²) in [6.45, 7) is 4.00. The van der Waals surface area contributed by atoms with E-state index in [0.717, 1.165) is 17.3 Å². The van der Waals surface area contributed by atoms with E-state index in [1.807, 2.05) is 6.08 Å². The standard InChI is InChI=1S/C13H19BrO4/c1-3-17-11(15)13(12(16)18-4-2)8-6-5-7-10(14)9-13/h7H,3-6,8-9H2,1-2H3. The van der Waals surface area contributed by atoms with E-state index in [9.17, 15) is 9.59 Å². The second kappa shape index (κ2) is 6.92. The third kappa shape index (κ3) is 3.34. The Morgan fingerprint density at radius 3 is 2.33 bits per heavy atom. The lowest BCUT2D eigenvalue weighted by molar-refractivity contribution is -0.172. The molecule has 5 heteroatoms. The van der Waals surface area contributed by atoms with Crippen molar-refractivity contribution in [1.29, 1.82) is 0 Å². The maximum absolute atomic E-state index is 12.2. The maximum Gasteiger partial charge on any atom is 0.323 e. The highest BCUT2D eigenvalue weighted by molar-refractivity contribution is 9.11. The van der Waals surface area contributed by atoms with Crippen LogP contribution in [0.25, 0.3) is 0 Å². The SMILES string of the molecule is CCOC(=O)C1(C(=O)OCC)CCCC=C(Br)C1. The molecular weight excluding hydrogens is 300 g/mol. The lowest BCUT2D eigenvalue weighted by atomic mass is 9.80. The van der Waals surface area contributed by atoms with Gasteiger partial charge in [0.25, 0.3) is 0 Å². The highest BCUT2D eigenvalue weighted by atomic mass is 79.9. The predicted octanol–water partition coefficient (Wildman–Crippen LogP) is 2.95. The molecule has 0 atom stereocenters. The van der Waals surface area contributed by atoms with Gasteiger partial charge in [0, 0.05) is 6.42 Å². The van der Waals surface area contributed by atoms with Gasteiger partial charge in [0.1, 0.15) is 0 Å². The minimum atomic E-state index is -1.18. The van der Waals surface area contributed by atoms with Crippen molar-refractivity contribution in [3.05, 3.63) is 10.6 Å². The Balaban J connectivity index is 3.03. The number of esters is 2. The number of ether oxygens (including phenoxy) is 2. The van der Waals surface area contributed by atoms with Gasteiger partial charge in [0.2, 0.25) is 0 Å². The highest BCUT2D eigenvalue weighted by Gasteiger charge is 2.49. The summed E-state index contributed by atoms with van der Waals surface area (Å²) >= 11 is 3.40. The normalized spacial score (nSPS) is 18.5. The van der Waals surface area contributed by atoms with Gasteiger partial charge in [-0.2, -0.15) is 0 Å². The number of carbonyl (C=O) groups excluding carboxylic acids is 2. The number of halogens is 1. The number of hydrogen-bond donors (Lipinski definition) is 0. The van der Waals surface area contributed by atoms with Gasteiger partial charge in [-0.3, -0.25) is 9.59 Å². The first kappa shape index (κ1) is 15.2. The monoisotopic (exact) mass is 318 g/mol. The third-order valence-electron chi connectivity index (χ3n) is 2.98. The van der Waals surface area contributed by atoms with Crippen LogP contribution in [0.15, 0.2) is 10.6 Å². The van der Waals surface area contributed by atoms with E-state index >= 15 is 0 Å². The smallest absolute Gasteiger partial charge is 0.323 e. The minimum absolute atomic E-state index is 0.265. The molecule has 18 heavy (non-hydrogen) atoms. The van der Waals surface area contributed by atoms with Crippen molar-refractivity contribution >= 4 is 27.9 Å². The first-order valence-corrected chi connectivity index (χ1v) is 7.05. The Bertz CT molecular complexity index is 331. The summed E-state index contributed by atoms with van der Waals surface area (Å²) in [7, 11) is 0. The Labute approximate surface area is 116 Å². The zero-order valence-electron chi connectivity index (χ0n) is 10.8. The molecule has 0 amide bonds. The summed E-state index contributed by atoms with van der Waals surface area (Å²) in [5.74, 6) is -0.952. The second-order valence-corrected chi connectivity index (χ2v) is 5.26. The molecule has 0 saturated carbocycles. The molecule has 1 aliphatic carbocycles. The summed E-state index contributed by atoms with van der Waals surface area (Å²) in [5.41, 5.74) is -1.18. The fourth-order valence-electron chi connectivity index (χ4n) is 2.08. The maximum atomic E-state index is 12.2. The van der Waals surface area contributed by atoms with Crippen LogP contribution in [-0.2, 0) is 19.1 Å². The lowest BCUT2D eigenvalue weighted by Crippen LogP contribution is -2.42. The number of carbonyl (C=O) groups is 2. The molecule has 0 bridgehead atoms. The molecule has 102 valence electrons. The van der Waals surface area contributed by atoms with Crippen molar-refractivity contribution in [3.63, 3.8) is 0 Å². The van der Waals surface area contributed by atoms with Crippen LogP contribution < -0.4 is 0 Å². The average molecular weight is 319 g/mol. The number of hydrogen-bond acceptors (Lipinski definition) is 4. The topological polar surface area (TPSA) is 52.6 Å².